The second-order valence-corrected chi connectivity index (χ2v) is 6.18. The summed E-state index contributed by atoms with van der Waals surface area (Å²) >= 11 is 0. The second-order valence-electron chi connectivity index (χ2n) is 6.18. The highest BCUT2D eigenvalue weighted by molar-refractivity contribution is 5.71. The minimum absolute atomic E-state index is 0.254. The van der Waals surface area contributed by atoms with Gasteiger partial charge in [-0.3, -0.25) is 9.69 Å². The topological polar surface area (TPSA) is 52.6 Å². The summed E-state index contributed by atoms with van der Waals surface area (Å²) in [6.45, 7) is 9.11. The average Bonchev–Trinajstić information content (AvgIpc) is 3.04. The fourth-order valence-electron chi connectivity index (χ4n) is 3.29. The molecule has 1 aliphatic rings. The molecule has 0 saturated carbocycles. The first-order valence-corrected chi connectivity index (χ1v) is 8.37. The van der Waals surface area contributed by atoms with Crippen LogP contribution >= 0.6 is 0 Å². The van der Waals surface area contributed by atoms with Gasteiger partial charge in [-0.05, 0) is 56.1 Å². The minimum atomic E-state index is -0.664. The molecule has 0 amide bonds. The Morgan fingerprint density at radius 3 is 2.68 bits per heavy atom. The highest BCUT2D eigenvalue weighted by atomic mass is 16.4. The van der Waals surface area contributed by atoms with Crippen molar-refractivity contribution < 1.29 is 9.90 Å². The summed E-state index contributed by atoms with van der Waals surface area (Å²) in [5.74, 6) is -0.689. The Morgan fingerprint density at radius 1 is 1.36 bits per heavy atom. The molecule has 0 radical (unpaired) electrons. The van der Waals surface area contributed by atoms with Crippen LogP contribution in [0.2, 0.25) is 0 Å². The first kappa shape index (κ1) is 17.0. The molecule has 122 valence electrons. The van der Waals surface area contributed by atoms with Gasteiger partial charge in [-0.25, -0.2) is 0 Å². The molecule has 1 saturated heterocycles. The van der Waals surface area contributed by atoms with Crippen LogP contribution in [0.15, 0.2) is 24.3 Å². The van der Waals surface area contributed by atoms with Gasteiger partial charge in [0.15, 0.2) is 0 Å². The van der Waals surface area contributed by atoms with E-state index in [-0.39, 0.29) is 11.8 Å². The van der Waals surface area contributed by atoms with Crippen LogP contribution in [-0.4, -0.2) is 42.2 Å². The lowest BCUT2D eigenvalue weighted by atomic mass is 9.86. The minimum Gasteiger partial charge on any atom is -0.481 e. The molecule has 0 aromatic heterocycles. The highest BCUT2D eigenvalue weighted by Gasteiger charge is 2.30. The first-order chi connectivity index (χ1) is 10.6. The van der Waals surface area contributed by atoms with E-state index in [2.05, 4.69) is 48.3 Å². The van der Waals surface area contributed by atoms with Crippen LogP contribution in [0.4, 0.5) is 0 Å². The van der Waals surface area contributed by atoms with Crippen molar-refractivity contribution in [3.8, 4) is 0 Å². The smallest absolute Gasteiger partial charge is 0.307 e. The number of benzene rings is 1. The van der Waals surface area contributed by atoms with E-state index < -0.39 is 5.97 Å². The van der Waals surface area contributed by atoms with Crippen molar-refractivity contribution >= 4 is 5.97 Å². The van der Waals surface area contributed by atoms with E-state index in [0.717, 1.165) is 44.7 Å². The van der Waals surface area contributed by atoms with Crippen molar-refractivity contribution in [1.82, 2.24) is 10.2 Å². The van der Waals surface area contributed by atoms with E-state index in [1.54, 1.807) is 0 Å². The SMILES string of the molecule is CCN(CC)Cc1cccc(CC(C(=O)O)C2CCNC2)c1. The second kappa shape index (κ2) is 8.30. The first-order valence-electron chi connectivity index (χ1n) is 8.37. The maximum Gasteiger partial charge on any atom is 0.307 e. The van der Waals surface area contributed by atoms with Gasteiger partial charge in [-0.2, -0.15) is 0 Å². The fraction of sp³-hybridized carbons (Fsp3) is 0.611. The predicted octanol–water partition coefficient (Wildman–Crippen LogP) is 2.38. The largest absolute Gasteiger partial charge is 0.481 e. The molecule has 1 aliphatic heterocycles. The predicted molar refractivity (Wildman–Crippen MR) is 88.9 cm³/mol. The molecule has 1 fully saturated rings. The van der Waals surface area contributed by atoms with Gasteiger partial charge in [0.2, 0.25) is 0 Å². The van der Waals surface area contributed by atoms with E-state index in [0.29, 0.717) is 6.42 Å². The lowest BCUT2D eigenvalue weighted by Gasteiger charge is -2.20. The molecule has 4 nitrogen and oxygen atoms in total. The summed E-state index contributed by atoms with van der Waals surface area (Å²) in [7, 11) is 0. The molecule has 2 unspecified atom stereocenters. The van der Waals surface area contributed by atoms with Gasteiger partial charge in [0.1, 0.15) is 0 Å². The van der Waals surface area contributed by atoms with Crippen LogP contribution in [0, 0.1) is 11.8 Å². The van der Waals surface area contributed by atoms with Gasteiger partial charge >= 0.3 is 5.97 Å². The molecular formula is C18H28N2O2. The molecule has 0 spiro atoms. The number of hydrogen-bond donors (Lipinski definition) is 2. The number of aliphatic carboxylic acids is 1. The number of carbonyl (C=O) groups is 1. The van der Waals surface area contributed by atoms with Crippen LogP contribution in [0.1, 0.15) is 31.4 Å². The number of carboxylic acids is 1. The number of hydrogen-bond acceptors (Lipinski definition) is 3. The average molecular weight is 304 g/mol. The Hall–Kier alpha value is -1.39. The van der Waals surface area contributed by atoms with Crippen molar-refractivity contribution in [2.24, 2.45) is 11.8 Å². The summed E-state index contributed by atoms with van der Waals surface area (Å²) < 4.78 is 0. The Balaban J connectivity index is 2.06. The van der Waals surface area contributed by atoms with E-state index in [1.165, 1.54) is 5.56 Å². The fourth-order valence-corrected chi connectivity index (χ4v) is 3.29. The van der Waals surface area contributed by atoms with Gasteiger partial charge in [0.05, 0.1) is 5.92 Å². The Bertz CT molecular complexity index is 480. The van der Waals surface area contributed by atoms with E-state index >= 15 is 0 Å². The number of rotatable bonds is 8. The van der Waals surface area contributed by atoms with E-state index in [9.17, 15) is 9.90 Å². The highest BCUT2D eigenvalue weighted by Crippen LogP contribution is 2.24. The summed E-state index contributed by atoms with van der Waals surface area (Å²) in [4.78, 5) is 14.0. The quantitative estimate of drug-likeness (QED) is 0.774. The van der Waals surface area contributed by atoms with Gasteiger partial charge in [-0.1, -0.05) is 38.1 Å². The van der Waals surface area contributed by atoms with E-state index in [4.69, 9.17) is 0 Å². The molecule has 1 heterocycles. The van der Waals surface area contributed by atoms with Crippen molar-refractivity contribution in [2.75, 3.05) is 26.2 Å². The number of carboxylic acid groups (broad SMARTS) is 1. The van der Waals surface area contributed by atoms with Crippen molar-refractivity contribution in [2.45, 2.75) is 33.2 Å². The third kappa shape index (κ3) is 4.55. The zero-order chi connectivity index (χ0) is 15.9. The molecule has 1 aromatic rings. The van der Waals surface area contributed by atoms with Gasteiger partial charge < -0.3 is 10.4 Å². The van der Waals surface area contributed by atoms with Crippen LogP contribution in [-0.2, 0) is 17.8 Å². The summed E-state index contributed by atoms with van der Waals surface area (Å²) in [5.41, 5.74) is 2.42. The van der Waals surface area contributed by atoms with Crippen molar-refractivity contribution in [3.05, 3.63) is 35.4 Å². The molecule has 22 heavy (non-hydrogen) atoms. The summed E-state index contributed by atoms with van der Waals surface area (Å²) in [6, 6.07) is 8.43. The molecule has 4 heteroatoms. The molecule has 2 N–H and O–H groups in total. The summed E-state index contributed by atoms with van der Waals surface area (Å²) in [6.07, 6.45) is 1.60. The zero-order valence-electron chi connectivity index (χ0n) is 13.7. The molecular weight excluding hydrogens is 276 g/mol. The zero-order valence-corrected chi connectivity index (χ0v) is 13.7. The normalized spacial score (nSPS) is 19.5. The van der Waals surface area contributed by atoms with Crippen LogP contribution in [0.5, 0.6) is 0 Å². The molecule has 2 rings (SSSR count). The Morgan fingerprint density at radius 2 is 2.09 bits per heavy atom. The third-order valence-electron chi connectivity index (χ3n) is 4.73. The lowest BCUT2D eigenvalue weighted by molar-refractivity contribution is -0.143. The summed E-state index contributed by atoms with van der Waals surface area (Å²) in [5, 5.41) is 12.8. The number of nitrogens with zero attached hydrogens (tertiary/aromatic N) is 1. The standard InChI is InChI=1S/C18H28N2O2/c1-3-20(4-2)13-15-7-5-6-14(10-15)11-17(18(21)22)16-8-9-19-12-16/h5-7,10,16-17,19H,3-4,8-9,11-13H2,1-2H3,(H,21,22). The van der Waals surface area contributed by atoms with Crippen LogP contribution in [0.25, 0.3) is 0 Å². The monoisotopic (exact) mass is 304 g/mol. The Kier molecular flexibility index (Phi) is 6.40. The Labute approximate surface area is 133 Å². The third-order valence-corrected chi connectivity index (χ3v) is 4.73. The van der Waals surface area contributed by atoms with Crippen LogP contribution < -0.4 is 5.32 Å². The van der Waals surface area contributed by atoms with Gasteiger partial charge in [-0.15, -0.1) is 0 Å². The molecule has 1 aromatic carbocycles. The maximum atomic E-state index is 11.6. The van der Waals surface area contributed by atoms with Crippen molar-refractivity contribution in [3.63, 3.8) is 0 Å². The van der Waals surface area contributed by atoms with Crippen molar-refractivity contribution in [1.29, 1.82) is 0 Å². The molecule has 0 bridgehead atoms. The van der Waals surface area contributed by atoms with Crippen LogP contribution in [0.3, 0.4) is 0 Å². The van der Waals surface area contributed by atoms with Gasteiger partial charge in [0.25, 0.3) is 0 Å². The number of nitrogens with one attached hydrogen (secondary N) is 1. The van der Waals surface area contributed by atoms with E-state index in [1.807, 2.05) is 0 Å². The maximum absolute atomic E-state index is 11.6. The molecule has 2 atom stereocenters. The molecule has 0 aliphatic carbocycles. The van der Waals surface area contributed by atoms with Gasteiger partial charge in [0, 0.05) is 6.54 Å². The lowest BCUT2D eigenvalue weighted by Crippen LogP contribution is -2.27.